The lowest BCUT2D eigenvalue weighted by Crippen LogP contribution is -2.49. The number of ether oxygens (including phenoxy) is 1. The van der Waals surface area contributed by atoms with Gasteiger partial charge in [-0.05, 0) is 19.8 Å². The van der Waals surface area contributed by atoms with Gasteiger partial charge >= 0.3 is 0 Å². The Hall–Kier alpha value is -0.650. The fraction of sp³-hybridized carbons (Fsp3) is 0.917. The maximum atomic E-state index is 11.8. The average molecular weight is 243 g/mol. The Labute approximate surface area is 104 Å². The van der Waals surface area contributed by atoms with Crippen LogP contribution in [0, 0.1) is 0 Å². The van der Waals surface area contributed by atoms with Crippen LogP contribution in [0.2, 0.25) is 0 Å². The van der Waals surface area contributed by atoms with Crippen molar-refractivity contribution < 1.29 is 9.53 Å². The topological polar surface area (TPSA) is 67.6 Å². The molecule has 0 spiro atoms. The second kappa shape index (κ2) is 7.63. The summed E-state index contributed by atoms with van der Waals surface area (Å²) in [5.41, 5.74) is 5.58. The van der Waals surface area contributed by atoms with E-state index in [1.54, 1.807) is 7.11 Å². The molecule has 0 radical (unpaired) electrons. The normalized spacial score (nSPS) is 17.9. The van der Waals surface area contributed by atoms with E-state index in [1.807, 2.05) is 6.92 Å². The van der Waals surface area contributed by atoms with Crippen LogP contribution >= 0.6 is 0 Å². The summed E-state index contributed by atoms with van der Waals surface area (Å²) in [4.78, 5) is 14.0. The molecule has 1 aliphatic rings. The first-order valence-electron chi connectivity index (χ1n) is 6.39. The number of rotatable bonds is 8. The number of nitrogens with two attached hydrogens (primary N) is 1. The molecule has 17 heavy (non-hydrogen) atoms. The summed E-state index contributed by atoms with van der Waals surface area (Å²) in [6.45, 7) is 4.36. The second-order valence-corrected chi connectivity index (χ2v) is 4.77. The molecule has 0 heterocycles. The van der Waals surface area contributed by atoms with Crippen LogP contribution in [-0.2, 0) is 9.53 Å². The fourth-order valence-corrected chi connectivity index (χ4v) is 2.10. The van der Waals surface area contributed by atoms with Crippen LogP contribution < -0.4 is 11.1 Å². The first-order chi connectivity index (χ1) is 8.17. The largest absolute Gasteiger partial charge is 0.383 e. The standard InChI is InChI=1S/C12H25N3O2/c1-10(9-17-2)14-12(16)8-15(7-6-13)11-4-3-5-11/h10-11H,3-9,13H2,1-2H3,(H,14,16). The Balaban J connectivity index is 2.30. The second-order valence-electron chi connectivity index (χ2n) is 4.77. The molecule has 5 nitrogen and oxygen atoms in total. The van der Waals surface area contributed by atoms with Crippen molar-refractivity contribution in [2.24, 2.45) is 5.73 Å². The minimum absolute atomic E-state index is 0.0635. The number of nitrogens with one attached hydrogen (secondary N) is 1. The summed E-state index contributed by atoms with van der Waals surface area (Å²) in [6, 6.07) is 0.621. The highest BCUT2D eigenvalue weighted by Crippen LogP contribution is 2.24. The van der Waals surface area contributed by atoms with Crippen molar-refractivity contribution in [3.63, 3.8) is 0 Å². The minimum Gasteiger partial charge on any atom is -0.383 e. The zero-order valence-corrected chi connectivity index (χ0v) is 10.9. The highest BCUT2D eigenvalue weighted by atomic mass is 16.5. The molecule has 0 aromatic rings. The van der Waals surface area contributed by atoms with Gasteiger partial charge in [0.2, 0.25) is 5.91 Å². The van der Waals surface area contributed by atoms with Crippen LogP contribution in [0.25, 0.3) is 0 Å². The van der Waals surface area contributed by atoms with E-state index in [9.17, 15) is 4.79 Å². The molecule has 0 aromatic heterocycles. The predicted molar refractivity (Wildman–Crippen MR) is 67.7 cm³/mol. The van der Waals surface area contributed by atoms with Crippen LogP contribution in [0.1, 0.15) is 26.2 Å². The SMILES string of the molecule is COCC(C)NC(=O)CN(CCN)C1CCC1. The van der Waals surface area contributed by atoms with E-state index in [-0.39, 0.29) is 11.9 Å². The lowest BCUT2D eigenvalue weighted by atomic mass is 9.91. The van der Waals surface area contributed by atoms with Gasteiger partial charge in [-0.15, -0.1) is 0 Å². The minimum atomic E-state index is 0.0635. The molecule has 1 amide bonds. The van der Waals surface area contributed by atoms with Crippen molar-refractivity contribution in [1.82, 2.24) is 10.2 Å². The van der Waals surface area contributed by atoms with Crippen LogP contribution in [0.4, 0.5) is 0 Å². The molecule has 5 heteroatoms. The van der Waals surface area contributed by atoms with Crippen molar-refractivity contribution in [3.05, 3.63) is 0 Å². The molecule has 1 aliphatic carbocycles. The van der Waals surface area contributed by atoms with Crippen molar-refractivity contribution in [1.29, 1.82) is 0 Å². The number of carbonyl (C=O) groups is 1. The molecule has 0 aromatic carbocycles. The van der Waals surface area contributed by atoms with Crippen LogP contribution in [-0.4, -0.2) is 56.2 Å². The van der Waals surface area contributed by atoms with Gasteiger partial charge in [-0.3, -0.25) is 9.69 Å². The molecule has 1 unspecified atom stereocenters. The van der Waals surface area contributed by atoms with Gasteiger partial charge in [0.1, 0.15) is 0 Å². The Bertz CT molecular complexity index is 232. The molecule has 0 bridgehead atoms. The zero-order chi connectivity index (χ0) is 12.7. The molecule has 1 rings (SSSR count). The van der Waals surface area contributed by atoms with Gasteiger partial charge in [-0.25, -0.2) is 0 Å². The van der Waals surface area contributed by atoms with Gasteiger partial charge in [0.15, 0.2) is 0 Å². The first-order valence-corrected chi connectivity index (χ1v) is 6.39. The Morgan fingerprint density at radius 2 is 2.29 bits per heavy atom. The van der Waals surface area contributed by atoms with Crippen molar-refractivity contribution in [2.45, 2.75) is 38.3 Å². The number of amides is 1. The lowest BCUT2D eigenvalue weighted by molar-refractivity contribution is -0.124. The van der Waals surface area contributed by atoms with Crippen LogP contribution in [0.3, 0.4) is 0 Å². The van der Waals surface area contributed by atoms with Crippen LogP contribution in [0.5, 0.6) is 0 Å². The smallest absolute Gasteiger partial charge is 0.234 e. The monoisotopic (exact) mass is 243 g/mol. The molecular formula is C12H25N3O2. The summed E-state index contributed by atoms with van der Waals surface area (Å²) >= 11 is 0. The van der Waals surface area contributed by atoms with Gasteiger partial charge in [-0.2, -0.15) is 0 Å². The van der Waals surface area contributed by atoms with Gasteiger partial charge in [0, 0.05) is 32.3 Å². The summed E-state index contributed by atoms with van der Waals surface area (Å²) in [6.07, 6.45) is 3.66. The molecule has 1 saturated carbocycles. The third-order valence-electron chi connectivity index (χ3n) is 3.18. The van der Waals surface area contributed by atoms with E-state index < -0.39 is 0 Å². The van der Waals surface area contributed by atoms with Crippen molar-refractivity contribution in [3.8, 4) is 0 Å². The lowest BCUT2D eigenvalue weighted by Gasteiger charge is -2.37. The summed E-state index contributed by atoms with van der Waals surface area (Å²) in [5, 5.41) is 2.93. The average Bonchev–Trinajstić information content (AvgIpc) is 2.14. The maximum absolute atomic E-state index is 11.8. The summed E-state index contributed by atoms with van der Waals surface area (Å²) < 4.78 is 4.99. The van der Waals surface area contributed by atoms with E-state index >= 15 is 0 Å². The summed E-state index contributed by atoms with van der Waals surface area (Å²) in [5.74, 6) is 0.0647. The first kappa shape index (κ1) is 14.4. The molecule has 100 valence electrons. The predicted octanol–water partition coefficient (Wildman–Crippen LogP) is -0.0493. The molecule has 3 N–H and O–H groups in total. The van der Waals surface area contributed by atoms with Crippen LogP contribution in [0.15, 0.2) is 0 Å². The van der Waals surface area contributed by atoms with Gasteiger partial charge in [-0.1, -0.05) is 6.42 Å². The highest BCUT2D eigenvalue weighted by molar-refractivity contribution is 5.78. The molecule has 1 atom stereocenters. The molecule has 0 aliphatic heterocycles. The highest BCUT2D eigenvalue weighted by Gasteiger charge is 2.26. The summed E-state index contributed by atoms with van der Waals surface area (Å²) in [7, 11) is 1.64. The number of methoxy groups -OCH3 is 1. The Kier molecular flexibility index (Phi) is 6.47. The molecule has 1 fully saturated rings. The van der Waals surface area contributed by atoms with E-state index in [0.29, 0.717) is 25.7 Å². The van der Waals surface area contributed by atoms with Crippen molar-refractivity contribution in [2.75, 3.05) is 33.4 Å². The zero-order valence-electron chi connectivity index (χ0n) is 10.9. The molecule has 0 saturated heterocycles. The van der Waals surface area contributed by atoms with Gasteiger partial charge < -0.3 is 15.8 Å². The van der Waals surface area contributed by atoms with E-state index in [1.165, 1.54) is 19.3 Å². The number of nitrogens with zero attached hydrogens (tertiary/aromatic N) is 1. The molecular weight excluding hydrogens is 218 g/mol. The fourth-order valence-electron chi connectivity index (χ4n) is 2.10. The third-order valence-corrected chi connectivity index (χ3v) is 3.18. The van der Waals surface area contributed by atoms with Gasteiger partial charge in [0.05, 0.1) is 13.2 Å². The van der Waals surface area contributed by atoms with Crippen molar-refractivity contribution >= 4 is 5.91 Å². The van der Waals surface area contributed by atoms with Gasteiger partial charge in [0.25, 0.3) is 0 Å². The Morgan fingerprint density at radius 1 is 1.59 bits per heavy atom. The number of carbonyl (C=O) groups excluding carboxylic acids is 1. The maximum Gasteiger partial charge on any atom is 0.234 e. The third kappa shape index (κ3) is 5.02. The number of hydrogen-bond acceptors (Lipinski definition) is 4. The van der Waals surface area contributed by atoms with E-state index in [2.05, 4.69) is 10.2 Å². The van der Waals surface area contributed by atoms with E-state index in [4.69, 9.17) is 10.5 Å². The number of hydrogen-bond donors (Lipinski definition) is 2. The Morgan fingerprint density at radius 3 is 2.76 bits per heavy atom. The van der Waals surface area contributed by atoms with E-state index in [0.717, 1.165) is 6.54 Å². The quantitative estimate of drug-likeness (QED) is 0.627.